The summed E-state index contributed by atoms with van der Waals surface area (Å²) in [5.41, 5.74) is 10.5. The monoisotopic (exact) mass is 285 g/mol. The summed E-state index contributed by atoms with van der Waals surface area (Å²) in [6.07, 6.45) is 0. The number of fused-ring (bicyclic) bond motifs is 1. The third-order valence-corrected chi connectivity index (χ3v) is 3.97. The highest BCUT2D eigenvalue weighted by molar-refractivity contribution is 6.34. The quantitative estimate of drug-likeness (QED) is 0.738. The molecule has 0 bridgehead atoms. The minimum atomic E-state index is -0.278. The van der Waals surface area contributed by atoms with Crippen LogP contribution >= 0.6 is 11.6 Å². The van der Waals surface area contributed by atoms with Crippen molar-refractivity contribution in [2.45, 2.75) is 19.9 Å². The molecule has 2 N–H and O–H groups in total. The maximum absolute atomic E-state index is 6.40. The highest BCUT2D eigenvalue weighted by Gasteiger charge is 2.18. The number of furan rings is 1. The molecule has 0 aliphatic carbocycles. The first-order chi connectivity index (χ1) is 9.58. The van der Waals surface area contributed by atoms with Crippen LogP contribution in [0.15, 0.2) is 46.9 Å². The highest BCUT2D eigenvalue weighted by Crippen LogP contribution is 2.32. The maximum Gasteiger partial charge on any atom is 0.152 e. The summed E-state index contributed by atoms with van der Waals surface area (Å²) >= 11 is 6.15. The molecule has 0 fully saturated rings. The average molecular weight is 286 g/mol. The fourth-order valence-electron chi connectivity index (χ4n) is 2.66. The zero-order valence-corrected chi connectivity index (χ0v) is 12.2. The third-order valence-electron chi connectivity index (χ3n) is 3.67. The Morgan fingerprint density at radius 3 is 2.35 bits per heavy atom. The van der Waals surface area contributed by atoms with E-state index in [9.17, 15) is 0 Å². The predicted octanol–water partition coefficient (Wildman–Crippen LogP) is 4.75. The summed E-state index contributed by atoms with van der Waals surface area (Å²) in [5.74, 6) is 0.741. The SMILES string of the molecule is Cc1cccc(C)c1C(N)c1cc2cccc(Cl)c2o1. The maximum atomic E-state index is 6.40. The fraction of sp³-hybridized carbons (Fsp3) is 0.176. The second-order valence-corrected chi connectivity index (χ2v) is 5.50. The molecule has 0 aliphatic rings. The number of nitrogens with two attached hydrogens (primary N) is 1. The van der Waals surface area contributed by atoms with Crippen molar-refractivity contribution in [2.24, 2.45) is 5.73 Å². The van der Waals surface area contributed by atoms with Crippen molar-refractivity contribution < 1.29 is 4.42 Å². The summed E-state index contributed by atoms with van der Waals surface area (Å²) in [5, 5.41) is 1.59. The lowest BCUT2D eigenvalue weighted by Crippen LogP contribution is -2.13. The minimum Gasteiger partial charge on any atom is -0.457 e. The molecule has 1 aromatic heterocycles. The minimum absolute atomic E-state index is 0.278. The summed E-state index contributed by atoms with van der Waals surface area (Å²) in [7, 11) is 0. The first-order valence-electron chi connectivity index (χ1n) is 6.57. The number of rotatable bonds is 2. The van der Waals surface area contributed by atoms with Crippen molar-refractivity contribution in [1.82, 2.24) is 0 Å². The molecule has 3 aromatic rings. The number of hydrogen-bond acceptors (Lipinski definition) is 2. The van der Waals surface area contributed by atoms with Gasteiger partial charge in [0.05, 0.1) is 11.1 Å². The van der Waals surface area contributed by atoms with Gasteiger partial charge in [0, 0.05) is 5.39 Å². The molecule has 1 atom stereocenters. The average Bonchev–Trinajstić information content (AvgIpc) is 2.84. The van der Waals surface area contributed by atoms with E-state index in [4.69, 9.17) is 21.8 Å². The first-order valence-corrected chi connectivity index (χ1v) is 6.95. The molecule has 0 spiro atoms. The van der Waals surface area contributed by atoms with Crippen LogP contribution in [0.4, 0.5) is 0 Å². The van der Waals surface area contributed by atoms with Gasteiger partial charge in [0.1, 0.15) is 5.76 Å². The molecule has 0 aliphatic heterocycles. The van der Waals surface area contributed by atoms with Gasteiger partial charge in [0.25, 0.3) is 0 Å². The second kappa shape index (κ2) is 4.97. The number of benzene rings is 2. The fourth-order valence-corrected chi connectivity index (χ4v) is 2.88. The van der Waals surface area contributed by atoms with Crippen molar-refractivity contribution >= 4 is 22.6 Å². The topological polar surface area (TPSA) is 39.2 Å². The van der Waals surface area contributed by atoms with E-state index in [2.05, 4.69) is 26.0 Å². The molecule has 2 aromatic carbocycles. The van der Waals surface area contributed by atoms with Crippen molar-refractivity contribution in [2.75, 3.05) is 0 Å². The Hall–Kier alpha value is -1.77. The van der Waals surface area contributed by atoms with Gasteiger partial charge in [-0.25, -0.2) is 0 Å². The van der Waals surface area contributed by atoms with Gasteiger partial charge in [-0.3, -0.25) is 0 Å². The summed E-state index contributed by atoms with van der Waals surface area (Å²) < 4.78 is 5.87. The number of hydrogen-bond donors (Lipinski definition) is 1. The van der Waals surface area contributed by atoms with Gasteiger partial charge >= 0.3 is 0 Å². The van der Waals surface area contributed by atoms with Gasteiger partial charge < -0.3 is 10.2 Å². The zero-order chi connectivity index (χ0) is 14.3. The van der Waals surface area contributed by atoms with Gasteiger partial charge in [0.15, 0.2) is 5.58 Å². The molecule has 3 rings (SSSR count). The Morgan fingerprint density at radius 1 is 1.05 bits per heavy atom. The molecule has 0 amide bonds. The van der Waals surface area contributed by atoms with Crippen LogP contribution in [0.2, 0.25) is 5.02 Å². The van der Waals surface area contributed by atoms with Crippen LogP contribution in [0.5, 0.6) is 0 Å². The molecule has 0 saturated carbocycles. The molecule has 20 heavy (non-hydrogen) atoms. The zero-order valence-electron chi connectivity index (χ0n) is 11.5. The number of aryl methyl sites for hydroxylation is 2. The smallest absolute Gasteiger partial charge is 0.152 e. The highest BCUT2D eigenvalue weighted by atomic mass is 35.5. The van der Waals surface area contributed by atoms with E-state index in [1.165, 1.54) is 11.1 Å². The van der Waals surface area contributed by atoms with E-state index in [1.807, 2.05) is 30.3 Å². The van der Waals surface area contributed by atoms with Gasteiger partial charge in [-0.15, -0.1) is 0 Å². The van der Waals surface area contributed by atoms with Crippen LogP contribution in [0, 0.1) is 13.8 Å². The lowest BCUT2D eigenvalue weighted by molar-refractivity contribution is 0.523. The largest absolute Gasteiger partial charge is 0.457 e. The first kappa shape index (κ1) is 13.2. The van der Waals surface area contributed by atoms with Gasteiger partial charge in [0.2, 0.25) is 0 Å². The Labute approximate surface area is 123 Å². The Bertz CT molecular complexity index is 756. The number of para-hydroxylation sites is 1. The molecule has 3 heteroatoms. The van der Waals surface area contributed by atoms with Gasteiger partial charge in [-0.1, -0.05) is 41.9 Å². The van der Waals surface area contributed by atoms with Crippen molar-refractivity contribution in [3.05, 3.63) is 69.9 Å². The molecule has 2 nitrogen and oxygen atoms in total. The van der Waals surface area contributed by atoms with E-state index in [0.717, 1.165) is 16.7 Å². The van der Waals surface area contributed by atoms with E-state index < -0.39 is 0 Å². The Balaban J connectivity index is 2.13. The standard InChI is InChI=1S/C17H16ClNO/c1-10-5-3-6-11(2)15(10)16(19)14-9-12-7-4-8-13(18)17(12)20-14/h3-9,16H,19H2,1-2H3. The molecule has 102 valence electrons. The van der Waals surface area contributed by atoms with Crippen LogP contribution < -0.4 is 5.73 Å². The molecular formula is C17H16ClNO. The van der Waals surface area contributed by atoms with Gasteiger partial charge in [-0.2, -0.15) is 0 Å². The van der Waals surface area contributed by atoms with Crippen LogP contribution in [0.25, 0.3) is 11.0 Å². The normalized spacial score (nSPS) is 12.8. The van der Waals surface area contributed by atoms with Crippen LogP contribution in [-0.4, -0.2) is 0 Å². The van der Waals surface area contributed by atoms with Crippen molar-refractivity contribution in [1.29, 1.82) is 0 Å². The Kier molecular flexibility index (Phi) is 3.28. The lowest BCUT2D eigenvalue weighted by atomic mass is 9.95. The molecule has 1 heterocycles. The van der Waals surface area contributed by atoms with Crippen LogP contribution in [0.1, 0.15) is 28.5 Å². The second-order valence-electron chi connectivity index (χ2n) is 5.09. The molecule has 1 unspecified atom stereocenters. The van der Waals surface area contributed by atoms with Crippen molar-refractivity contribution in [3.8, 4) is 0 Å². The van der Waals surface area contributed by atoms with Crippen molar-refractivity contribution in [3.63, 3.8) is 0 Å². The molecule has 0 saturated heterocycles. The predicted molar refractivity (Wildman–Crippen MR) is 83.2 cm³/mol. The molecular weight excluding hydrogens is 270 g/mol. The summed E-state index contributed by atoms with van der Waals surface area (Å²) in [6.45, 7) is 4.13. The van der Waals surface area contributed by atoms with E-state index >= 15 is 0 Å². The Morgan fingerprint density at radius 2 is 1.70 bits per heavy atom. The summed E-state index contributed by atoms with van der Waals surface area (Å²) in [6, 6.07) is 13.6. The van der Waals surface area contributed by atoms with Crippen LogP contribution in [0.3, 0.4) is 0 Å². The van der Waals surface area contributed by atoms with E-state index in [1.54, 1.807) is 0 Å². The lowest BCUT2D eigenvalue weighted by Gasteiger charge is -2.15. The molecule has 0 radical (unpaired) electrons. The number of halogens is 1. The van der Waals surface area contributed by atoms with Gasteiger partial charge in [-0.05, 0) is 42.7 Å². The van der Waals surface area contributed by atoms with E-state index in [-0.39, 0.29) is 6.04 Å². The third kappa shape index (κ3) is 2.11. The van der Waals surface area contributed by atoms with E-state index in [0.29, 0.717) is 10.6 Å². The van der Waals surface area contributed by atoms with Crippen LogP contribution in [-0.2, 0) is 0 Å². The summed E-state index contributed by atoms with van der Waals surface area (Å²) in [4.78, 5) is 0.